The van der Waals surface area contributed by atoms with Crippen LogP contribution >= 0.6 is 0 Å². The van der Waals surface area contributed by atoms with E-state index in [9.17, 15) is 0 Å². The number of nitrogens with zero attached hydrogens (tertiary/aromatic N) is 2. The lowest BCUT2D eigenvalue weighted by Gasteiger charge is -2.15. The lowest BCUT2D eigenvalue weighted by atomic mass is 9.91. The minimum absolute atomic E-state index is 0.374. The fraction of sp³-hybridized carbons (Fsp3) is 0.355. The van der Waals surface area contributed by atoms with Crippen molar-refractivity contribution < 1.29 is 0 Å². The number of aliphatic imine (C=N–C) groups is 1. The third-order valence-corrected chi connectivity index (χ3v) is 8.02. The van der Waals surface area contributed by atoms with Crippen molar-refractivity contribution in [2.45, 2.75) is 57.0 Å². The third-order valence-electron chi connectivity index (χ3n) is 8.02. The predicted octanol–water partition coefficient (Wildman–Crippen LogP) is 4.94. The standard InChI is InChI=1S/C31H31N5/c1-3-26(32-15-1)29-18-24(19-34-29)22-10-7-20(8-11-22)5-6-21-9-13-25-23(17-21)12-14-27-30(25)36-31(35-27)28-4-2-16-33-28/h7-11,13,17,19,26,28,32-33H,1-4,12,14-16,18H2,(H,35,36)/t26-,28-/m0/s1. The van der Waals surface area contributed by atoms with Crippen LogP contribution in [0.25, 0.3) is 16.8 Å². The fourth-order valence-corrected chi connectivity index (χ4v) is 6.00. The normalized spacial score (nSPS) is 22.4. The van der Waals surface area contributed by atoms with E-state index in [4.69, 9.17) is 9.98 Å². The van der Waals surface area contributed by atoms with Crippen LogP contribution in [0.2, 0.25) is 0 Å². The van der Waals surface area contributed by atoms with Crippen LogP contribution in [0, 0.1) is 11.8 Å². The number of aromatic amines is 1. The van der Waals surface area contributed by atoms with Crippen molar-refractivity contribution in [3.8, 4) is 23.1 Å². The summed E-state index contributed by atoms with van der Waals surface area (Å²) in [5.41, 5.74) is 10.9. The van der Waals surface area contributed by atoms with Gasteiger partial charge in [0.2, 0.25) is 0 Å². The Labute approximate surface area is 212 Å². The molecule has 1 aliphatic carbocycles. The van der Waals surface area contributed by atoms with Crippen LogP contribution in [0.1, 0.15) is 71.9 Å². The second-order valence-electron chi connectivity index (χ2n) is 10.4. The highest BCUT2D eigenvalue weighted by Gasteiger charge is 2.26. The summed E-state index contributed by atoms with van der Waals surface area (Å²) < 4.78 is 0. The first kappa shape index (κ1) is 21.8. The van der Waals surface area contributed by atoms with E-state index in [-0.39, 0.29) is 0 Å². The van der Waals surface area contributed by atoms with Crippen molar-refractivity contribution in [1.82, 2.24) is 20.6 Å². The van der Waals surface area contributed by atoms with Crippen molar-refractivity contribution >= 4 is 11.3 Å². The van der Waals surface area contributed by atoms with E-state index in [0.717, 1.165) is 55.0 Å². The zero-order chi connectivity index (χ0) is 23.9. The molecule has 7 rings (SSSR count). The van der Waals surface area contributed by atoms with Crippen LogP contribution in [0.15, 0.2) is 53.7 Å². The summed E-state index contributed by atoms with van der Waals surface area (Å²) >= 11 is 0. The summed E-state index contributed by atoms with van der Waals surface area (Å²) in [6.45, 7) is 2.20. The Balaban J connectivity index is 1.05. The molecule has 3 aromatic rings. The molecule has 5 heteroatoms. The number of benzene rings is 2. The summed E-state index contributed by atoms with van der Waals surface area (Å²) in [6, 6.07) is 16.0. The number of fused-ring (bicyclic) bond motifs is 3. The topological polar surface area (TPSA) is 65.1 Å². The van der Waals surface area contributed by atoms with Gasteiger partial charge in [0.1, 0.15) is 5.82 Å². The Morgan fingerprint density at radius 3 is 2.42 bits per heavy atom. The lowest BCUT2D eigenvalue weighted by Crippen LogP contribution is -2.29. The largest absolute Gasteiger partial charge is 0.344 e. The van der Waals surface area contributed by atoms with E-state index in [1.807, 2.05) is 6.20 Å². The van der Waals surface area contributed by atoms with E-state index in [2.05, 4.69) is 69.9 Å². The molecule has 4 heterocycles. The highest BCUT2D eigenvalue weighted by Crippen LogP contribution is 2.34. The number of nitrogens with one attached hydrogen (secondary N) is 3. The number of allylic oxidation sites excluding steroid dienone is 1. The van der Waals surface area contributed by atoms with Gasteiger partial charge in [0, 0.05) is 46.8 Å². The van der Waals surface area contributed by atoms with E-state index in [0.29, 0.717) is 12.1 Å². The van der Waals surface area contributed by atoms with Crippen LogP contribution in [0.5, 0.6) is 0 Å². The van der Waals surface area contributed by atoms with Crippen molar-refractivity contribution in [2.24, 2.45) is 4.99 Å². The number of H-pyrrole nitrogens is 1. The second-order valence-corrected chi connectivity index (χ2v) is 10.4. The van der Waals surface area contributed by atoms with Crippen LogP contribution in [-0.4, -0.2) is 34.8 Å². The summed E-state index contributed by atoms with van der Waals surface area (Å²) in [4.78, 5) is 13.3. The van der Waals surface area contributed by atoms with Gasteiger partial charge in [-0.25, -0.2) is 4.98 Å². The van der Waals surface area contributed by atoms with Crippen LogP contribution in [0.4, 0.5) is 0 Å². The molecule has 36 heavy (non-hydrogen) atoms. The molecule has 1 aromatic heterocycles. The van der Waals surface area contributed by atoms with Crippen molar-refractivity contribution in [3.05, 3.63) is 82.4 Å². The highest BCUT2D eigenvalue weighted by atomic mass is 15.0. The number of imidazole rings is 1. The molecule has 2 saturated heterocycles. The molecule has 0 unspecified atom stereocenters. The van der Waals surface area contributed by atoms with E-state index in [1.54, 1.807) is 0 Å². The molecule has 5 nitrogen and oxygen atoms in total. The molecule has 2 fully saturated rings. The first-order chi connectivity index (χ1) is 17.8. The van der Waals surface area contributed by atoms with Crippen LogP contribution in [0.3, 0.4) is 0 Å². The fourth-order valence-electron chi connectivity index (χ4n) is 6.00. The van der Waals surface area contributed by atoms with Gasteiger partial charge in [-0.05, 0) is 92.6 Å². The summed E-state index contributed by atoms with van der Waals surface area (Å²) in [6.07, 6.45) is 9.89. The zero-order valence-corrected chi connectivity index (χ0v) is 20.5. The van der Waals surface area contributed by atoms with Gasteiger partial charge in [0.25, 0.3) is 0 Å². The van der Waals surface area contributed by atoms with Gasteiger partial charge in [-0.15, -0.1) is 0 Å². The Morgan fingerprint density at radius 2 is 1.61 bits per heavy atom. The van der Waals surface area contributed by atoms with Crippen molar-refractivity contribution in [3.63, 3.8) is 0 Å². The number of hydrogen-bond donors (Lipinski definition) is 3. The van der Waals surface area contributed by atoms with Gasteiger partial charge in [-0.3, -0.25) is 4.99 Å². The van der Waals surface area contributed by atoms with Gasteiger partial charge in [0.05, 0.1) is 11.7 Å². The molecule has 3 aliphatic heterocycles. The Hall–Kier alpha value is -3.46. The lowest BCUT2D eigenvalue weighted by molar-refractivity contribution is 0.611. The first-order valence-electron chi connectivity index (χ1n) is 13.4. The van der Waals surface area contributed by atoms with Crippen molar-refractivity contribution in [1.29, 1.82) is 0 Å². The molecule has 0 amide bonds. The summed E-state index contributed by atoms with van der Waals surface area (Å²) in [5, 5.41) is 7.11. The van der Waals surface area contributed by atoms with E-state index in [1.165, 1.54) is 59.4 Å². The van der Waals surface area contributed by atoms with Crippen molar-refractivity contribution in [2.75, 3.05) is 13.1 Å². The van der Waals surface area contributed by atoms with Gasteiger partial charge >= 0.3 is 0 Å². The maximum absolute atomic E-state index is 4.99. The molecule has 2 aromatic carbocycles. The zero-order valence-electron chi connectivity index (χ0n) is 20.5. The van der Waals surface area contributed by atoms with Gasteiger partial charge < -0.3 is 15.6 Å². The monoisotopic (exact) mass is 473 g/mol. The maximum Gasteiger partial charge on any atom is 0.124 e. The summed E-state index contributed by atoms with van der Waals surface area (Å²) in [7, 11) is 0. The van der Waals surface area contributed by atoms with Gasteiger partial charge in [-0.1, -0.05) is 30.0 Å². The minimum atomic E-state index is 0.374. The molecule has 180 valence electrons. The number of aromatic nitrogens is 2. The SMILES string of the molecule is C(#Cc1ccc2c(c1)CCc1[nH]c([C@@H]3CCCN3)nc1-2)c1ccc(C2=CN=C([C@@H]3CCCN3)C2)cc1. The smallest absolute Gasteiger partial charge is 0.124 e. The van der Waals surface area contributed by atoms with E-state index >= 15 is 0 Å². The molecular weight excluding hydrogens is 442 g/mol. The molecule has 0 saturated carbocycles. The molecule has 0 bridgehead atoms. The maximum atomic E-state index is 4.99. The highest BCUT2D eigenvalue weighted by molar-refractivity contribution is 6.01. The first-order valence-corrected chi connectivity index (χ1v) is 13.4. The average Bonchev–Trinajstić information content (AvgIpc) is 3.73. The molecule has 3 N–H and O–H groups in total. The molecule has 0 spiro atoms. The molecule has 0 radical (unpaired) electrons. The van der Waals surface area contributed by atoms with Gasteiger partial charge in [0.15, 0.2) is 0 Å². The van der Waals surface area contributed by atoms with E-state index < -0.39 is 0 Å². The average molecular weight is 474 g/mol. The number of hydrogen-bond acceptors (Lipinski definition) is 4. The van der Waals surface area contributed by atoms with Gasteiger partial charge in [-0.2, -0.15) is 0 Å². The molecule has 4 aliphatic rings. The molecular formula is C31H31N5. The Bertz CT molecular complexity index is 1420. The Kier molecular flexibility index (Phi) is 5.57. The quantitative estimate of drug-likeness (QED) is 0.472. The minimum Gasteiger partial charge on any atom is -0.344 e. The van der Waals surface area contributed by atoms with Crippen LogP contribution < -0.4 is 10.6 Å². The third kappa shape index (κ3) is 4.11. The second kappa shape index (κ2) is 9.20. The number of rotatable bonds is 3. The van der Waals surface area contributed by atoms with Crippen LogP contribution in [-0.2, 0) is 12.8 Å². The summed E-state index contributed by atoms with van der Waals surface area (Å²) in [5.74, 6) is 7.85. The molecule has 2 atom stereocenters. The Morgan fingerprint density at radius 1 is 0.833 bits per heavy atom. The predicted molar refractivity (Wildman–Crippen MR) is 145 cm³/mol. The number of aryl methyl sites for hydroxylation is 2.